The van der Waals surface area contributed by atoms with E-state index < -0.39 is 10.0 Å². The monoisotopic (exact) mass is 384 g/mol. The highest BCUT2D eigenvalue weighted by Crippen LogP contribution is 2.26. The maximum absolute atomic E-state index is 12.9. The first-order valence-electron chi connectivity index (χ1n) is 8.34. The Bertz CT molecular complexity index is 1030. The lowest BCUT2D eigenvalue weighted by molar-refractivity contribution is 0.101. The molecule has 1 heterocycles. The molecular weight excluding hydrogens is 364 g/mol. The molecule has 7 nitrogen and oxygen atoms in total. The topological polar surface area (TPSA) is 85.2 Å². The SMILES string of the molecule is CC(=O)c1ccc(S(=O)(=O)N(C)[C@H](C)c2ccc(-n3cncn3)cc2)cc1. The molecule has 0 spiro atoms. The lowest BCUT2D eigenvalue weighted by Crippen LogP contribution is -2.29. The van der Waals surface area contributed by atoms with Crippen molar-refractivity contribution in [2.24, 2.45) is 0 Å². The Kier molecular flexibility index (Phi) is 5.20. The molecule has 3 aromatic rings. The number of hydrogen-bond donors (Lipinski definition) is 0. The molecule has 0 bridgehead atoms. The molecule has 0 saturated heterocycles. The average molecular weight is 384 g/mol. The molecule has 0 fully saturated rings. The third-order valence-corrected chi connectivity index (χ3v) is 6.48. The third kappa shape index (κ3) is 3.81. The minimum absolute atomic E-state index is 0.104. The molecule has 0 aliphatic carbocycles. The summed E-state index contributed by atoms with van der Waals surface area (Å²) in [6.45, 7) is 3.27. The van der Waals surface area contributed by atoms with E-state index >= 15 is 0 Å². The predicted octanol–water partition coefficient (Wildman–Crippen LogP) is 2.85. The maximum Gasteiger partial charge on any atom is 0.243 e. The van der Waals surface area contributed by atoms with Crippen LogP contribution >= 0.6 is 0 Å². The summed E-state index contributed by atoms with van der Waals surface area (Å²) >= 11 is 0. The second-order valence-electron chi connectivity index (χ2n) is 6.21. The van der Waals surface area contributed by atoms with E-state index in [2.05, 4.69) is 10.1 Å². The molecule has 3 rings (SSSR count). The number of Topliss-reactive ketones (excluding diaryl/α,β-unsaturated/α-hetero) is 1. The Hall–Kier alpha value is -2.84. The molecule has 0 N–H and O–H groups in total. The van der Waals surface area contributed by atoms with Crippen molar-refractivity contribution in [3.05, 3.63) is 72.3 Å². The minimum Gasteiger partial charge on any atom is -0.295 e. The van der Waals surface area contributed by atoms with E-state index in [4.69, 9.17) is 0 Å². The standard InChI is InChI=1S/C19H20N4O3S/c1-14(16-4-8-18(9-5-16)23-13-20-12-21-23)22(3)27(25,26)19-10-6-17(7-11-19)15(2)24/h4-14H,1-3H3/t14-/m1/s1. The molecule has 0 unspecified atom stereocenters. The summed E-state index contributed by atoms with van der Waals surface area (Å²) in [6, 6.07) is 13.1. The van der Waals surface area contributed by atoms with Crippen LogP contribution in [-0.4, -0.2) is 40.3 Å². The molecule has 2 aromatic carbocycles. The van der Waals surface area contributed by atoms with Gasteiger partial charge in [-0.05, 0) is 43.7 Å². The second-order valence-corrected chi connectivity index (χ2v) is 8.21. The highest BCUT2D eigenvalue weighted by atomic mass is 32.2. The van der Waals surface area contributed by atoms with E-state index in [1.165, 1.54) is 41.8 Å². The van der Waals surface area contributed by atoms with Crippen LogP contribution < -0.4 is 0 Å². The van der Waals surface area contributed by atoms with Gasteiger partial charge in [0.05, 0.1) is 10.6 Å². The Morgan fingerprint density at radius 2 is 1.70 bits per heavy atom. The average Bonchev–Trinajstić information content (AvgIpc) is 3.21. The molecule has 0 aliphatic heterocycles. The van der Waals surface area contributed by atoms with Crippen molar-refractivity contribution in [1.82, 2.24) is 19.1 Å². The van der Waals surface area contributed by atoms with Gasteiger partial charge in [-0.1, -0.05) is 24.3 Å². The maximum atomic E-state index is 12.9. The lowest BCUT2D eigenvalue weighted by Gasteiger charge is -2.25. The number of aromatic nitrogens is 3. The van der Waals surface area contributed by atoms with Crippen LogP contribution in [0.2, 0.25) is 0 Å². The van der Waals surface area contributed by atoms with Crippen LogP contribution in [0.4, 0.5) is 0 Å². The van der Waals surface area contributed by atoms with Crippen LogP contribution in [0.1, 0.15) is 35.8 Å². The quantitative estimate of drug-likeness (QED) is 0.610. The van der Waals surface area contributed by atoms with E-state index in [-0.39, 0.29) is 16.7 Å². The first kappa shape index (κ1) is 18.9. The molecule has 1 atom stereocenters. The van der Waals surface area contributed by atoms with Crippen molar-refractivity contribution in [3.8, 4) is 5.69 Å². The van der Waals surface area contributed by atoms with Crippen molar-refractivity contribution < 1.29 is 13.2 Å². The van der Waals surface area contributed by atoms with Gasteiger partial charge in [-0.2, -0.15) is 9.40 Å². The third-order valence-electron chi connectivity index (χ3n) is 4.54. The highest BCUT2D eigenvalue weighted by Gasteiger charge is 2.26. The molecular formula is C19H20N4O3S. The Balaban J connectivity index is 1.83. The van der Waals surface area contributed by atoms with Crippen LogP contribution in [-0.2, 0) is 10.0 Å². The molecule has 0 saturated carbocycles. The summed E-state index contributed by atoms with van der Waals surface area (Å²) in [5.74, 6) is -0.104. The summed E-state index contributed by atoms with van der Waals surface area (Å²) in [6.07, 6.45) is 3.05. The van der Waals surface area contributed by atoms with Crippen molar-refractivity contribution in [2.75, 3.05) is 7.05 Å². The van der Waals surface area contributed by atoms with Crippen LogP contribution in [0.15, 0.2) is 66.1 Å². The van der Waals surface area contributed by atoms with Crippen LogP contribution in [0.25, 0.3) is 5.69 Å². The summed E-state index contributed by atoms with van der Waals surface area (Å²) in [5, 5.41) is 4.07. The van der Waals surface area contributed by atoms with Gasteiger partial charge in [-0.15, -0.1) is 0 Å². The number of ketones is 1. The van der Waals surface area contributed by atoms with E-state index in [1.807, 2.05) is 31.2 Å². The van der Waals surface area contributed by atoms with E-state index in [0.29, 0.717) is 5.56 Å². The Labute approximate surface area is 158 Å². The van der Waals surface area contributed by atoms with Gasteiger partial charge in [0.25, 0.3) is 0 Å². The van der Waals surface area contributed by atoms with Crippen LogP contribution in [0.5, 0.6) is 0 Å². The number of hydrogen-bond acceptors (Lipinski definition) is 5. The number of carbonyl (C=O) groups is 1. The van der Waals surface area contributed by atoms with E-state index in [0.717, 1.165) is 11.3 Å². The summed E-state index contributed by atoms with van der Waals surface area (Å²) < 4.78 is 28.8. The van der Waals surface area contributed by atoms with Crippen LogP contribution in [0.3, 0.4) is 0 Å². The predicted molar refractivity (Wildman–Crippen MR) is 101 cm³/mol. The molecule has 0 amide bonds. The van der Waals surface area contributed by atoms with Gasteiger partial charge in [-0.3, -0.25) is 4.79 Å². The van der Waals surface area contributed by atoms with E-state index in [1.54, 1.807) is 18.1 Å². The second kappa shape index (κ2) is 7.42. The summed E-state index contributed by atoms with van der Waals surface area (Å²) in [4.78, 5) is 15.4. The van der Waals surface area contributed by atoms with Gasteiger partial charge in [0.1, 0.15) is 12.7 Å². The number of benzene rings is 2. The van der Waals surface area contributed by atoms with Crippen molar-refractivity contribution in [1.29, 1.82) is 0 Å². The molecule has 0 aliphatic rings. The van der Waals surface area contributed by atoms with Crippen molar-refractivity contribution in [3.63, 3.8) is 0 Å². The summed E-state index contributed by atoms with van der Waals surface area (Å²) in [5.41, 5.74) is 2.17. The first-order valence-corrected chi connectivity index (χ1v) is 9.78. The molecule has 8 heteroatoms. The fourth-order valence-corrected chi connectivity index (χ4v) is 4.04. The van der Waals surface area contributed by atoms with E-state index in [9.17, 15) is 13.2 Å². The summed E-state index contributed by atoms with van der Waals surface area (Å²) in [7, 11) is -2.14. The zero-order chi connectivity index (χ0) is 19.6. The van der Waals surface area contributed by atoms with Crippen LogP contribution in [0, 0.1) is 0 Å². The highest BCUT2D eigenvalue weighted by molar-refractivity contribution is 7.89. The molecule has 0 radical (unpaired) electrons. The number of nitrogens with zero attached hydrogens (tertiary/aromatic N) is 4. The lowest BCUT2D eigenvalue weighted by atomic mass is 10.1. The number of sulfonamides is 1. The van der Waals surface area contributed by atoms with Gasteiger partial charge in [0, 0.05) is 18.7 Å². The van der Waals surface area contributed by atoms with Crippen molar-refractivity contribution >= 4 is 15.8 Å². The number of rotatable bonds is 6. The first-order chi connectivity index (χ1) is 12.8. The Morgan fingerprint density at radius 3 is 2.22 bits per heavy atom. The smallest absolute Gasteiger partial charge is 0.243 e. The van der Waals surface area contributed by atoms with Gasteiger partial charge in [0.2, 0.25) is 10.0 Å². The largest absolute Gasteiger partial charge is 0.295 e. The van der Waals surface area contributed by atoms with Gasteiger partial charge < -0.3 is 0 Å². The number of carbonyl (C=O) groups excluding carboxylic acids is 1. The molecule has 140 valence electrons. The molecule has 1 aromatic heterocycles. The normalized spacial score (nSPS) is 12.9. The zero-order valence-electron chi connectivity index (χ0n) is 15.3. The zero-order valence-corrected chi connectivity index (χ0v) is 16.1. The van der Waals surface area contributed by atoms with Gasteiger partial charge in [0.15, 0.2) is 5.78 Å². The van der Waals surface area contributed by atoms with Crippen molar-refractivity contribution in [2.45, 2.75) is 24.8 Å². The van der Waals surface area contributed by atoms with Gasteiger partial charge in [-0.25, -0.2) is 18.1 Å². The molecule has 27 heavy (non-hydrogen) atoms. The fraction of sp³-hybridized carbons (Fsp3) is 0.211. The van der Waals surface area contributed by atoms with Gasteiger partial charge >= 0.3 is 0 Å². The Morgan fingerprint density at radius 1 is 1.07 bits per heavy atom. The fourth-order valence-electron chi connectivity index (χ4n) is 2.69. The minimum atomic E-state index is -3.69.